The summed E-state index contributed by atoms with van der Waals surface area (Å²) in [5.41, 5.74) is 0.685. The van der Waals surface area contributed by atoms with Crippen molar-refractivity contribution in [3.63, 3.8) is 0 Å². The van der Waals surface area contributed by atoms with Gasteiger partial charge in [-0.1, -0.05) is 19.3 Å². The number of benzene rings is 1. The zero-order valence-corrected chi connectivity index (χ0v) is 15.6. The first-order chi connectivity index (χ1) is 13.2. The molecule has 4 rings (SSSR count). The molecule has 0 bridgehead atoms. The molecule has 7 heteroatoms. The third kappa shape index (κ3) is 4.12. The van der Waals surface area contributed by atoms with E-state index in [4.69, 9.17) is 9.47 Å². The van der Waals surface area contributed by atoms with E-state index in [1.165, 1.54) is 6.42 Å². The highest BCUT2D eigenvalue weighted by Crippen LogP contribution is 2.32. The van der Waals surface area contributed by atoms with Crippen LogP contribution >= 0.6 is 0 Å². The molecule has 1 saturated carbocycles. The number of hydrogen-bond donors (Lipinski definition) is 1. The lowest BCUT2D eigenvalue weighted by Crippen LogP contribution is -2.53. The van der Waals surface area contributed by atoms with Crippen molar-refractivity contribution in [3.8, 4) is 11.5 Å². The topological polar surface area (TPSA) is 71.1 Å². The van der Waals surface area contributed by atoms with Gasteiger partial charge in [0.1, 0.15) is 13.2 Å². The lowest BCUT2D eigenvalue weighted by molar-refractivity contribution is -0.138. The Hall–Kier alpha value is -2.44. The van der Waals surface area contributed by atoms with E-state index in [0.717, 1.165) is 25.7 Å². The third-order valence-electron chi connectivity index (χ3n) is 5.63. The first-order valence-corrected chi connectivity index (χ1v) is 9.95. The Morgan fingerprint density at radius 3 is 2.30 bits per heavy atom. The third-order valence-corrected chi connectivity index (χ3v) is 5.63. The van der Waals surface area contributed by atoms with Gasteiger partial charge in [-0.2, -0.15) is 0 Å². The molecule has 2 heterocycles. The van der Waals surface area contributed by atoms with Crippen LogP contribution in [0, 0.1) is 5.92 Å². The van der Waals surface area contributed by atoms with Crippen molar-refractivity contribution in [2.75, 3.05) is 44.7 Å². The number of nitrogens with one attached hydrogen (secondary N) is 1. The van der Waals surface area contributed by atoms with Crippen molar-refractivity contribution in [1.29, 1.82) is 0 Å². The maximum Gasteiger partial charge on any atom is 0.321 e. The van der Waals surface area contributed by atoms with E-state index in [2.05, 4.69) is 5.32 Å². The summed E-state index contributed by atoms with van der Waals surface area (Å²) >= 11 is 0. The van der Waals surface area contributed by atoms with E-state index in [9.17, 15) is 9.59 Å². The summed E-state index contributed by atoms with van der Waals surface area (Å²) in [6.45, 7) is 3.42. The highest BCUT2D eigenvalue weighted by Gasteiger charge is 2.29. The molecule has 2 fully saturated rings. The lowest BCUT2D eigenvalue weighted by atomic mass is 9.88. The van der Waals surface area contributed by atoms with Gasteiger partial charge < -0.3 is 24.6 Å². The number of anilines is 1. The smallest absolute Gasteiger partial charge is 0.321 e. The molecule has 146 valence electrons. The van der Waals surface area contributed by atoms with E-state index < -0.39 is 0 Å². The molecule has 0 radical (unpaired) electrons. The standard InChI is InChI=1S/C20H27N3O4/c24-19(15-4-2-1-3-5-15)22-8-10-23(11-9-22)20(25)21-16-6-7-17-18(14-16)27-13-12-26-17/h6-7,14-15H,1-5,8-13H2,(H,21,25). The highest BCUT2D eigenvalue weighted by atomic mass is 16.6. The second-order valence-corrected chi connectivity index (χ2v) is 7.44. The molecule has 3 aliphatic rings. The summed E-state index contributed by atoms with van der Waals surface area (Å²) in [4.78, 5) is 28.9. The number of nitrogens with zero attached hydrogens (tertiary/aromatic N) is 2. The van der Waals surface area contributed by atoms with Crippen LogP contribution in [0.1, 0.15) is 32.1 Å². The van der Waals surface area contributed by atoms with Gasteiger partial charge in [0.25, 0.3) is 0 Å². The highest BCUT2D eigenvalue weighted by molar-refractivity contribution is 5.90. The first kappa shape index (κ1) is 17.9. The average Bonchev–Trinajstić information content (AvgIpc) is 2.74. The number of ether oxygens (including phenoxy) is 2. The van der Waals surface area contributed by atoms with E-state index in [0.29, 0.717) is 56.6 Å². The number of amides is 3. The van der Waals surface area contributed by atoms with Gasteiger partial charge in [-0.15, -0.1) is 0 Å². The van der Waals surface area contributed by atoms with Crippen LogP contribution in [0.3, 0.4) is 0 Å². The quantitative estimate of drug-likeness (QED) is 0.865. The van der Waals surface area contributed by atoms with Gasteiger partial charge in [0.15, 0.2) is 11.5 Å². The minimum atomic E-state index is -0.142. The summed E-state index contributed by atoms with van der Waals surface area (Å²) < 4.78 is 11.1. The van der Waals surface area contributed by atoms with Crippen LogP contribution < -0.4 is 14.8 Å². The maximum atomic E-state index is 12.6. The fraction of sp³-hybridized carbons (Fsp3) is 0.600. The minimum absolute atomic E-state index is 0.142. The lowest BCUT2D eigenvalue weighted by Gasteiger charge is -2.37. The SMILES string of the molecule is O=C(Nc1ccc2c(c1)OCCO2)N1CCN(C(=O)C2CCCCC2)CC1. The minimum Gasteiger partial charge on any atom is -0.486 e. The largest absolute Gasteiger partial charge is 0.486 e. The second kappa shape index (κ2) is 8.06. The maximum absolute atomic E-state index is 12.6. The molecule has 2 aliphatic heterocycles. The van der Waals surface area contributed by atoms with Crippen LogP contribution in [-0.4, -0.2) is 61.1 Å². The van der Waals surface area contributed by atoms with Crippen LogP contribution in [0.25, 0.3) is 0 Å². The molecular formula is C20H27N3O4. The Labute approximate surface area is 159 Å². The molecule has 0 aromatic heterocycles. The molecule has 1 aromatic carbocycles. The van der Waals surface area contributed by atoms with Gasteiger partial charge in [-0.3, -0.25) is 4.79 Å². The zero-order valence-electron chi connectivity index (χ0n) is 15.6. The molecule has 1 aliphatic carbocycles. The van der Waals surface area contributed by atoms with Gasteiger partial charge in [0.2, 0.25) is 5.91 Å². The first-order valence-electron chi connectivity index (χ1n) is 9.95. The summed E-state index contributed by atoms with van der Waals surface area (Å²) in [6, 6.07) is 5.27. The molecular weight excluding hydrogens is 346 g/mol. The molecule has 7 nitrogen and oxygen atoms in total. The number of fused-ring (bicyclic) bond motifs is 1. The molecule has 3 amide bonds. The number of hydrogen-bond acceptors (Lipinski definition) is 4. The molecule has 27 heavy (non-hydrogen) atoms. The van der Waals surface area contributed by atoms with Crippen molar-refractivity contribution in [2.24, 2.45) is 5.92 Å². The second-order valence-electron chi connectivity index (χ2n) is 7.44. The molecule has 1 saturated heterocycles. The molecule has 1 N–H and O–H groups in total. The Morgan fingerprint density at radius 1 is 0.889 bits per heavy atom. The Bertz CT molecular complexity index is 694. The van der Waals surface area contributed by atoms with Crippen LogP contribution in [0.15, 0.2) is 18.2 Å². The Morgan fingerprint density at radius 2 is 1.56 bits per heavy atom. The van der Waals surface area contributed by atoms with Gasteiger partial charge in [-0.25, -0.2) is 4.79 Å². The van der Waals surface area contributed by atoms with Gasteiger partial charge in [0, 0.05) is 43.9 Å². The van der Waals surface area contributed by atoms with Crippen LogP contribution in [0.4, 0.5) is 10.5 Å². The van der Waals surface area contributed by atoms with Crippen molar-refractivity contribution in [3.05, 3.63) is 18.2 Å². The normalized spacial score (nSPS) is 20.3. The van der Waals surface area contributed by atoms with E-state index in [1.807, 2.05) is 17.0 Å². The molecule has 1 aromatic rings. The van der Waals surface area contributed by atoms with Crippen LogP contribution in [0.2, 0.25) is 0 Å². The summed E-state index contributed by atoms with van der Waals surface area (Å²) in [5.74, 6) is 1.83. The number of rotatable bonds is 2. The number of urea groups is 1. The van der Waals surface area contributed by atoms with E-state index in [-0.39, 0.29) is 17.9 Å². The van der Waals surface area contributed by atoms with Gasteiger partial charge in [-0.05, 0) is 25.0 Å². The van der Waals surface area contributed by atoms with Crippen LogP contribution in [0.5, 0.6) is 11.5 Å². The fourth-order valence-corrected chi connectivity index (χ4v) is 4.06. The molecule has 0 spiro atoms. The monoisotopic (exact) mass is 373 g/mol. The van der Waals surface area contributed by atoms with Crippen molar-refractivity contribution < 1.29 is 19.1 Å². The predicted molar refractivity (Wildman–Crippen MR) is 101 cm³/mol. The van der Waals surface area contributed by atoms with Crippen LogP contribution in [-0.2, 0) is 4.79 Å². The average molecular weight is 373 g/mol. The fourth-order valence-electron chi connectivity index (χ4n) is 4.06. The number of carbonyl (C=O) groups is 2. The van der Waals surface area contributed by atoms with Gasteiger partial charge in [0.05, 0.1) is 0 Å². The predicted octanol–water partition coefficient (Wildman–Crippen LogP) is 2.71. The summed E-state index contributed by atoms with van der Waals surface area (Å²) in [5, 5.41) is 2.92. The summed E-state index contributed by atoms with van der Waals surface area (Å²) in [7, 11) is 0. The van der Waals surface area contributed by atoms with Crippen molar-refractivity contribution in [1.82, 2.24) is 9.80 Å². The Balaban J connectivity index is 1.29. The molecule has 0 atom stereocenters. The van der Waals surface area contributed by atoms with Crippen molar-refractivity contribution >= 4 is 17.6 Å². The zero-order chi connectivity index (χ0) is 18.6. The number of carbonyl (C=O) groups excluding carboxylic acids is 2. The van der Waals surface area contributed by atoms with Crippen molar-refractivity contribution in [2.45, 2.75) is 32.1 Å². The molecule has 0 unspecified atom stereocenters. The van der Waals surface area contributed by atoms with E-state index in [1.54, 1.807) is 11.0 Å². The number of piperazine rings is 1. The van der Waals surface area contributed by atoms with E-state index >= 15 is 0 Å². The Kier molecular flexibility index (Phi) is 5.36. The van der Waals surface area contributed by atoms with Gasteiger partial charge >= 0.3 is 6.03 Å². The summed E-state index contributed by atoms with van der Waals surface area (Å²) in [6.07, 6.45) is 5.60.